The normalized spacial score (nSPS) is 10.6. The molecule has 0 saturated heterocycles. The third-order valence-corrected chi connectivity index (χ3v) is 4.55. The second-order valence-electron chi connectivity index (χ2n) is 6.13. The van der Waals surface area contributed by atoms with Crippen molar-refractivity contribution >= 4 is 23.2 Å². The molecule has 3 rings (SSSR count). The van der Waals surface area contributed by atoms with E-state index in [1.165, 1.54) is 4.68 Å². The Balaban J connectivity index is 1.76. The number of benzene rings is 2. The smallest absolute Gasteiger partial charge is 0.269 e. The minimum atomic E-state index is -0.598. The van der Waals surface area contributed by atoms with Crippen molar-refractivity contribution in [2.75, 3.05) is 0 Å². The topological polar surface area (TPSA) is 113 Å². The van der Waals surface area contributed by atoms with Gasteiger partial charge >= 0.3 is 0 Å². The highest BCUT2D eigenvalue weighted by Gasteiger charge is 2.20. The molecule has 0 radical (unpaired) electrons. The number of carbonyl (C=O) groups excluding carboxylic acids is 1. The van der Waals surface area contributed by atoms with Crippen LogP contribution < -0.4 is 10.4 Å². The van der Waals surface area contributed by atoms with E-state index in [1.807, 2.05) is 30.3 Å². The zero-order valence-electron chi connectivity index (χ0n) is 14.9. The summed E-state index contributed by atoms with van der Waals surface area (Å²) >= 11 is 6.34. The second-order valence-corrected chi connectivity index (χ2v) is 6.48. The molecule has 8 nitrogen and oxygen atoms in total. The number of nitro benzene ring substituents is 1. The summed E-state index contributed by atoms with van der Waals surface area (Å²) in [6.45, 7) is 1.91. The molecule has 0 aliphatic rings. The van der Waals surface area contributed by atoms with Crippen molar-refractivity contribution in [2.45, 2.75) is 20.0 Å². The van der Waals surface area contributed by atoms with Crippen LogP contribution in [0.25, 0.3) is 0 Å². The van der Waals surface area contributed by atoms with Crippen LogP contribution in [-0.2, 0) is 13.1 Å². The van der Waals surface area contributed by atoms with Gasteiger partial charge in [-0.2, -0.15) is 5.10 Å². The van der Waals surface area contributed by atoms with Crippen LogP contribution in [0.15, 0.2) is 48.5 Å². The number of nitrogens with zero attached hydrogens (tertiary/aromatic N) is 3. The van der Waals surface area contributed by atoms with Gasteiger partial charge in [-0.25, -0.2) is 4.68 Å². The van der Waals surface area contributed by atoms with Crippen LogP contribution >= 0.6 is 11.6 Å². The Morgan fingerprint density at radius 3 is 2.64 bits per heavy atom. The number of non-ortho nitro benzene ring substituents is 1. The van der Waals surface area contributed by atoms with E-state index in [2.05, 4.69) is 10.4 Å². The molecular formula is C19H16ClN4O4-. The first kappa shape index (κ1) is 19.4. The highest BCUT2D eigenvalue weighted by molar-refractivity contribution is 6.33. The summed E-state index contributed by atoms with van der Waals surface area (Å²) < 4.78 is 1.52. The number of rotatable bonds is 6. The van der Waals surface area contributed by atoms with E-state index in [0.29, 0.717) is 12.2 Å². The summed E-state index contributed by atoms with van der Waals surface area (Å²) in [5.74, 6) is -0.902. The summed E-state index contributed by atoms with van der Waals surface area (Å²) in [6.07, 6.45) is 0. The van der Waals surface area contributed by atoms with Crippen LogP contribution in [-0.4, -0.2) is 20.6 Å². The minimum Gasteiger partial charge on any atom is -0.872 e. The Kier molecular flexibility index (Phi) is 5.60. The first-order valence-corrected chi connectivity index (χ1v) is 8.74. The first-order valence-electron chi connectivity index (χ1n) is 8.36. The number of carbonyl (C=O) groups is 1. The van der Waals surface area contributed by atoms with E-state index < -0.39 is 16.6 Å². The van der Waals surface area contributed by atoms with Gasteiger partial charge in [0, 0.05) is 18.7 Å². The van der Waals surface area contributed by atoms with E-state index >= 15 is 0 Å². The SMILES string of the molecule is Cc1nn(Cc2ccccc2)c(Cl)c1C(=O)NCc1cc([N+](=O)[O-])ccc1[O-]. The van der Waals surface area contributed by atoms with Gasteiger partial charge in [0.25, 0.3) is 11.6 Å². The number of halogens is 1. The fraction of sp³-hybridized carbons (Fsp3) is 0.158. The molecule has 9 heteroatoms. The number of nitrogens with one attached hydrogen (secondary N) is 1. The summed E-state index contributed by atoms with van der Waals surface area (Å²) in [5, 5.41) is 29.8. The van der Waals surface area contributed by atoms with Crippen molar-refractivity contribution < 1.29 is 14.8 Å². The van der Waals surface area contributed by atoms with Gasteiger partial charge in [0.15, 0.2) is 0 Å². The fourth-order valence-corrected chi connectivity index (χ4v) is 3.07. The molecule has 0 saturated carbocycles. The monoisotopic (exact) mass is 399 g/mol. The zero-order valence-corrected chi connectivity index (χ0v) is 15.6. The van der Waals surface area contributed by atoms with Gasteiger partial charge in [-0.05, 0) is 18.1 Å². The summed E-state index contributed by atoms with van der Waals surface area (Å²) in [5.41, 5.74) is 1.53. The largest absolute Gasteiger partial charge is 0.872 e. The van der Waals surface area contributed by atoms with E-state index in [1.54, 1.807) is 6.92 Å². The number of aromatic nitrogens is 2. The van der Waals surface area contributed by atoms with E-state index in [9.17, 15) is 20.0 Å². The van der Waals surface area contributed by atoms with Gasteiger partial charge in [0.2, 0.25) is 0 Å². The number of nitro groups is 1. The van der Waals surface area contributed by atoms with Crippen LogP contribution in [0.4, 0.5) is 5.69 Å². The molecule has 0 fully saturated rings. The Morgan fingerprint density at radius 2 is 1.96 bits per heavy atom. The number of amides is 1. The number of hydrogen-bond donors (Lipinski definition) is 1. The molecule has 0 aliphatic carbocycles. The second kappa shape index (κ2) is 8.10. The Morgan fingerprint density at radius 1 is 1.25 bits per heavy atom. The van der Waals surface area contributed by atoms with Crippen LogP contribution in [0.1, 0.15) is 27.2 Å². The van der Waals surface area contributed by atoms with Crippen molar-refractivity contribution in [3.8, 4) is 5.75 Å². The average Bonchev–Trinajstić information content (AvgIpc) is 2.94. The Labute approximate surface area is 165 Å². The third-order valence-electron chi connectivity index (χ3n) is 4.16. The molecule has 3 aromatic rings. The summed E-state index contributed by atoms with van der Waals surface area (Å²) in [6, 6.07) is 12.9. The van der Waals surface area contributed by atoms with E-state index in [0.717, 1.165) is 23.8 Å². The molecule has 0 atom stereocenters. The maximum atomic E-state index is 12.6. The van der Waals surface area contributed by atoms with Gasteiger partial charge in [-0.3, -0.25) is 14.9 Å². The number of aryl methyl sites for hydroxylation is 1. The zero-order chi connectivity index (χ0) is 20.3. The fourth-order valence-electron chi connectivity index (χ4n) is 2.75. The minimum absolute atomic E-state index is 0.119. The van der Waals surface area contributed by atoms with Crippen LogP contribution in [0.2, 0.25) is 5.15 Å². The van der Waals surface area contributed by atoms with Crippen molar-refractivity contribution in [1.29, 1.82) is 0 Å². The van der Waals surface area contributed by atoms with E-state index in [-0.39, 0.29) is 28.5 Å². The maximum absolute atomic E-state index is 12.6. The average molecular weight is 400 g/mol. The lowest BCUT2D eigenvalue weighted by Gasteiger charge is -2.13. The lowest BCUT2D eigenvalue weighted by atomic mass is 10.1. The quantitative estimate of drug-likeness (QED) is 0.505. The third kappa shape index (κ3) is 4.12. The molecule has 1 aromatic heterocycles. The van der Waals surface area contributed by atoms with Crippen LogP contribution in [0.5, 0.6) is 5.75 Å². The predicted molar refractivity (Wildman–Crippen MR) is 101 cm³/mol. The van der Waals surface area contributed by atoms with E-state index in [4.69, 9.17) is 11.6 Å². The molecule has 0 aliphatic heterocycles. The predicted octanol–water partition coefficient (Wildman–Crippen LogP) is 2.81. The molecule has 0 unspecified atom stereocenters. The molecule has 0 spiro atoms. The lowest BCUT2D eigenvalue weighted by molar-refractivity contribution is -0.385. The maximum Gasteiger partial charge on any atom is 0.269 e. The van der Waals surface area contributed by atoms with Crippen molar-refractivity contribution in [3.63, 3.8) is 0 Å². The van der Waals surface area contributed by atoms with Crippen molar-refractivity contribution in [1.82, 2.24) is 15.1 Å². The first-order chi connectivity index (χ1) is 13.4. The molecule has 1 amide bonds. The molecular weight excluding hydrogens is 384 g/mol. The van der Waals surface area contributed by atoms with Gasteiger partial charge < -0.3 is 10.4 Å². The van der Waals surface area contributed by atoms with Gasteiger partial charge in [-0.15, -0.1) is 5.75 Å². The highest BCUT2D eigenvalue weighted by Crippen LogP contribution is 2.23. The van der Waals surface area contributed by atoms with Crippen LogP contribution in [0, 0.1) is 17.0 Å². The standard InChI is InChI=1S/C19H17ClN4O4/c1-12-17(18(20)23(22-12)11-13-5-3-2-4-6-13)19(26)21-10-14-9-15(24(27)28)7-8-16(14)25/h2-9,25H,10-11H2,1H3,(H,21,26)/p-1. The van der Waals surface area contributed by atoms with Crippen molar-refractivity contribution in [3.05, 3.63) is 86.2 Å². The molecule has 144 valence electrons. The number of hydrogen-bond acceptors (Lipinski definition) is 5. The summed E-state index contributed by atoms with van der Waals surface area (Å²) in [7, 11) is 0. The summed E-state index contributed by atoms with van der Waals surface area (Å²) in [4.78, 5) is 22.8. The molecule has 2 aromatic carbocycles. The van der Waals surface area contributed by atoms with Crippen molar-refractivity contribution in [2.24, 2.45) is 0 Å². The van der Waals surface area contributed by atoms with Gasteiger partial charge in [0.1, 0.15) is 5.15 Å². The molecule has 1 heterocycles. The molecule has 1 N–H and O–H groups in total. The molecule has 0 bridgehead atoms. The Hall–Kier alpha value is -3.39. The van der Waals surface area contributed by atoms with Gasteiger partial charge in [-0.1, -0.05) is 48.0 Å². The highest BCUT2D eigenvalue weighted by atomic mass is 35.5. The lowest BCUT2D eigenvalue weighted by Crippen LogP contribution is -2.24. The Bertz CT molecular complexity index is 1030. The van der Waals surface area contributed by atoms with Crippen LogP contribution in [0.3, 0.4) is 0 Å². The van der Waals surface area contributed by atoms with Gasteiger partial charge in [0.05, 0.1) is 22.7 Å². The molecule has 28 heavy (non-hydrogen) atoms.